The Morgan fingerprint density at radius 3 is 2.57 bits per heavy atom. The maximum absolute atomic E-state index is 12.6. The zero-order valence-electron chi connectivity index (χ0n) is 16.2. The van der Waals surface area contributed by atoms with Crippen molar-refractivity contribution in [1.29, 1.82) is 0 Å². The highest BCUT2D eigenvalue weighted by molar-refractivity contribution is 5.49. The van der Waals surface area contributed by atoms with E-state index >= 15 is 0 Å². The van der Waals surface area contributed by atoms with Gasteiger partial charge >= 0.3 is 12.2 Å². The van der Waals surface area contributed by atoms with Gasteiger partial charge in [0.1, 0.15) is 0 Å². The molecule has 4 rings (SSSR count). The van der Waals surface area contributed by atoms with Crippen LogP contribution in [0.25, 0.3) is 6.08 Å². The standard InChI is InChI=1S/C22H21F3N4O/c23-22(24,25)17-6-9-20(27-15-17)30-21-26-11-10-18(28-21)14-16-4-7-19(8-5-16)29-12-2-1-3-13-29/h1-3,6,9-12,14-15,19H,4-5,7-8,13H2. The summed E-state index contributed by atoms with van der Waals surface area (Å²) in [5.41, 5.74) is 1.20. The van der Waals surface area contributed by atoms with Crippen molar-refractivity contribution in [2.45, 2.75) is 37.9 Å². The zero-order valence-corrected chi connectivity index (χ0v) is 16.2. The summed E-state index contributed by atoms with van der Waals surface area (Å²) < 4.78 is 43.3. The molecular weight excluding hydrogens is 393 g/mol. The normalized spacial score (nSPS) is 19.1. The van der Waals surface area contributed by atoms with Crippen LogP contribution in [0.15, 0.2) is 60.6 Å². The van der Waals surface area contributed by atoms with E-state index in [0.29, 0.717) is 11.7 Å². The van der Waals surface area contributed by atoms with Crippen LogP contribution in [-0.4, -0.2) is 32.4 Å². The lowest BCUT2D eigenvalue weighted by molar-refractivity contribution is -0.137. The Hall–Kier alpha value is -3.16. The predicted molar refractivity (Wildman–Crippen MR) is 107 cm³/mol. The Morgan fingerprint density at radius 1 is 1.07 bits per heavy atom. The molecule has 1 aliphatic heterocycles. The highest BCUT2D eigenvalue weighted by Gasteiger charge is 2.30. The lowest BCUT2D eigenvalue weighted by Gasteiger charge is -2.34. The van der Waals surface area contributed by atoms with E-state index in [1.165, 1.54) is 5.57 Å². The minimum Gasteiger partial charge on any atom is -0.405 e. The first-order valence-electron chi connectivity index (χ1n) is 9.80. The van der Waals surface area contributed by atoms with Gasteiger partial charge in [0.25, 0.3) is 0 Å². The second kappa shape index (κ2) is 8.69. The largest absolute Gasteiger partial charge is 0.417 e. The van der Waals surface area contributed by atoms with Crippen LogP contribution in [-0.2, 0) is 6.18 Å². The summed E-state index contributed by atoms with van der Waals surface area (Å²) in [5.74, 6) is 0.0111. The molecular formula is C22H21F3N4O. The van der Waals surface area contributed by atoms with Crippen LogP contribution in [0, 0.1) is 0 Å². The summed E-state index contributed by atoms with van der Waals surface area (Å²) in [6.07, 6.45) is 12.5. The van der Waals surface area contributed by atoms with Gasteiger partial charge in [0.05, 0.1) is 11.3 Å². The minimum absolute atomic E-state index is 0.0111. The first-order chi connectivity index (χ1) is 14.5. The number of allylic oxidation sites excluding steroid dienone is 3. The molecule has 0 aromatic carbocycles. The summed E-state index contributed by atoms with van der Waals surface area (Å²) >= 11 is 0. The van der Waals surface area contributed by atoms with Gasteiger partial charge in [0, 0.05) is 31.0 Å². The molecule has 156 valence electrons. The Balaban J connectivity index is 1.38. The maximum Gasteiger partial charge on any atom is 0.417 e. The first kappa shape index (κ1) is 20.1. The molecule has 30 heavy (non-hydrogen) atoms. The average Bonchev–Trinajstić information content (AvgIpc) is 2.75. The Labute approximate surface area is 172 Å². The molecule has 0 bridgehead atoms. The van der Waals surface area contributed by atoms with Gasteiger partial charge in [0.2, 0.25) is 5.88 Å². The number of hydrogen-bond donors (Lipinski definition) is 0. The maximum atomic E-state index is 12.6. The summed E-state index contributed by atoms with van der Waals surface area (Å²) in [6.45, 7) is 0.963. The molecule has 2 aliphatic rings. The molecule has 1 fully saturated rings. The number of nitrogens with zero attached hydrogens (tertiary/aromatic N) is 4. The number of halogens is 3. The molecule has 0 spiro atoms. The van der Waals surface area contributed by atoms with E-state index in [4.69, 9.17) is 4.74 Å². The second-order valence-corrected chi connectivity index (χ2v) is 7.25. The van der Waals surface area contributed by atoms with Crippen LogP contribution in [0.5, 0.6) is 11.9 Å². The van der Waals surface area contributed by atoms with E-state index in [1.54, 1.807) is 12.3 Å². The van der Waals surface area contributed by atoms with E-state index in [2.05, 4.69) is 44.3 Å². The van der Waals surface area contributed by atoms with Gasteiger partial charge in [-0.25, -0.2) is 9.97 Å². The van der Waals surface area contributed by atoms with Gasteiger partial charge in [-0.15, -0.1) is 0 Å². The van der Waals surface area contributed by atoms with E-state index < -0.39 is 11.7 Å². The van der Waals surface area contributed by atoms with Crippen molar-refractivity contribution in [1.82, 2.24) is 19.9 Å². The smallest absolute Gasteiger partial charge is 0.405 e. The molecule has 0 unspecified atom stereocenters. The van der Waals surface area contributed by atoms with Crippen LogP contribution < -0.4 is 4.74 Å². The fourth-order valence-corrected chi connectivity index (χ4v) is 3.60. The SMILES string of the molecule is FC(F)(F)c1ccc(Oc2nccc(C=C3CCC(N4C=CC=CC4)CC3)n2)nc1. The number of hydrogen-bond acceptors (Lipinski definition) is 5. The quantitative estimate of drug-likeness (QED) is 0.671. The van der Waals surface area contributed by atoms with Crippen LogP contribution in [0.2, 0.25) is 0 Å². The number of ether oxygens (including phenoxy) is 1. The van der Waals surface area contributed by atoms with Gasteiger partial charge in [-0.2, -0.15) is 18.2 Å². The average molecular weight is 414 g/mol. The van der Waals surface area contributed by atoms with Crippen molar-refractivity contribution >= 4 is 6.08 Å². The van der Waals surface area contributed by atoms with E-state index in [1.807, 2.05) is 6.08 Å². The molecule has 8 heteroatoms. The highest BCUT2D eigenvalue weighted by atomic mass is 19.4. The lowest BCUT2D eigenvalue weighted by Crippen LogP contribution is -2.33. The van der Waals surface area contributed by atoms with Gasteiger partial charge in [-0.3, -0.25) is 0 Å². The van der Waals surface area contributed by atoms with Crippen LogP contribution >= 0.6 is 0 Å². The van der Waals surface area contributed by atoms with Crippen molar-refractivity contribution in [2.75, 3.05) is 6.54 Å². The summed E-state index contributed by atoms with van der Waals surface area (Å²) in [7, 11) is 0. The molecule has 0 N–H and O–H groups in total. The van der Waals surface area contributed by atoms with E-state index in [-0.39, 0.29) is 11.9 Å². The number of aromatic nitrogens is 3. The third kappa shape index (κ3) is 5.06. The number of rotatable bonds is 4. The third-order valence-electron chi connectivity index (χ3n) is 5.17. The molecule has 0 saturated heterocycles. The Morgan fingerprint density at radius 2 is 1.90 bits per heavy atom. The first-order valence-corrected chi connectivity index (χ1v) is 9.80. The minimum atomic E-state index is -4.44. The highest BCUT2D eigenvalue weighted by Crippen LogP contribution is 2.31. The van der Waals surface area contributed by atoms with Crippen molar-refractivity contribution in [3.63, 3.8) is 0 Å². The molecule has 2 aromatic heterocycles. The van der Waals surface area contributed by atoms with Gasteiger partial charge < -0.3 is 9.64 Å². The van der Waals surface area contributed by atoms with Gasteiger partial charge in [-0.05, 0) is 56.2 Å². The molecule has 1 saturated carbocycles. The molecule has 0 radical (unpaired) electrons. The fourth-order valence-electron chi connectivity index (χ4n) is 3.60. The van der Waals surface area contributed by atoms with Gasteiger partial charge in [-0.1, -0.05) is 17.7 Å². The molecule has 2 aromatic rings. The number of alkyl halides is 3. The zero-order chi connectivity index (χ0) is 21.0. The van der Waals surface area contributed by atoms with Crippen LogP contribution in [0.1, 0.15) is 36.9 Å². The summed E-state index contributed by atoms with van der Waals surface area (Å²) in [5, 5.41) is 0. The summed E-state index contributed by atoms with van der Waals surface area (Å²) in [6, 6.07) is 4.46. The molecule has 0 atom stereocenters. The van der Waals surface area contributed by atoms with Crippen molar-refractivity contribution in [3.8, 4) is 11.9 Å². The molecule has 5 nitrogen and oxygen atoms in total. The van der Waals surface area contributed by atoms with Gasteiger partial charge in [0.15, 0.2) is 0 Å². The number of pyridine rings is 1. The van der Waals surface area contributed by atoms with Crippen molar-refractivity contribution < 1.29 is 17.9 Å². The second-order valence-electron chi connectivity index (χ2n) is 7.25. The topological polar surface area (TPSA) is 51.1 Å². The molecule has 0 amide bonds. The predicted octanol–water partition coefficient (Wildman–Crippen LogP) is 5.39. The fraction of sp³-hybridized carbons (Fsp3) is 0.318. The van der Waals surface area contributed by atoms with Crippen molar-refractivity contribution in [3.05, 3.63) is 71.9 Å². The van der Waals surface area contributed by atoms with Crippen molar-refractivity contribution in [2.24, 2.45) is 0 Å². The third-order valence-corrected chi connectivity index (χ3v) is 5.17. The summed E-state index contributed by atoms with van der Waals surface area (Å²) in [4.78, 5) is 14.4. The lowest BCUT2D eigenvalue weighted by atomic mass is 9.89. The Kier molecular flexibility index (Phi) is 5.83. The monoisotopic (exact) mass is 414 g/mol. The van der Waals surface area contributed by atoms with Crippen LogP contribution in [0.3, 0.4) is 0 Å². The van der Waals surface area contributed by atoms with E-state index in [9.17, 15) is 13.2 Å². The van der Waals surface area contributed by atoms with E-state index in [0.717, 1.165) is 50.6 Å². The Bertz CT molecular complexity index is 957. The van der Waals surface area contributed by atoms with Crippen LogP contribution in [0.4, 0.5) is 13.2 Å². The molecule has 1 aliphatic carbocycles. The molecule has 3 heterocycles.